The number of pyridine rings is 1. The van der Waals surface area contributed by atoms with E-state index in [0.717, 1.165) is 0 Å². The first-order chi connectivity index (χ1) is 22.4. The monoisotopic (exact) mass is 653 g/mol. The van der Waals surface area contributed by atoms with Crippen molar-refractivity contribution in [1.29, 1.82) is 0 Å². The van der Waals surface area contributed by atoms with Crippen molar-refractivity contribution in [2.45, 2.75) is 55.6 Å². The number of amides is 2. The van der Waals surface area contributed by atoms with Gasteiger partial charge in [-0.1, -0.05) is 0 Å². The summed E-state index contributed by atoms with van der Waals surface area (Å²) >= 11 is 0. The second-order valence-corrected chi connectivity index (χ2v) is 12.5. The molecule has 248 valence electrons. The molecule has 12 nitrogen and oxygen atoms in total. The molecule has 2 amide bonds. The Morgan fingerprint density at radius 2 is 1.89 bits per heavy atom. The van der Waals surface area contributed by atoms with Gasteiger partial charge in [0.25, 0.3) is 5.91 Å². The van der Waals surface area contributed by atoms with Gasteiger partial charge >= 0.3 is 6.29 Å². The molecule has 1 unspecified atom stereocenters. The van der Waals surface area contributed by atoms with Crippen LogP contribution in [0.1, 0.15) is 65.5 Å². The van der Waals surface area contributed by atoms with Gasteiger partial charge in [-0.15, -0.1) is 8.78 Å². The van der Waals surface area contributed by atoms with Gasteiger partial charge in [0.15, 0.2) is 11.5 Å². The molecule has 47 heavy (non-hydrogen) atoms. The average molecular weight is 654 g/mol. The van der Waals surface area contributed by atoms with Crippen LogP contribution in [0.4, 0.5) is 8.78 Å². The Labute approximate surface area is 268 Å². The van der Waals surface area contributed by atoms with Crippen molar-refractivity contribution < 1.29 is 52.3 Å². The molecule has 1 fully saturated rings. The van der Waals surface area contributed by atoms with Crippen LogP contribution >= 0.6 is 0 Å². The van der Waals surface area contributed by atoms with Crippen LogP contribution in [0.15, 0.2) is 48.7 Å². The molecule has 0 radical (unpaired) electrons. The Bertz CT molecular complexity index is 1740. The molecule has 0 spiro atoms. The van der Waals surface area contributed by atoms with E-state index in [0.29, 0.717) is 53.3 Å². The van der Waals surface area contributed by atoms with E-state index in [1.165, 1.54) is 25.4 Å². The number of benzene rings is 2. The van der Waals surface area contributed by atoms with Gasteiger partial charge in [0.2, 0.25) is 5.91 Å². The highest BCUT2D eigenvalue weighted by atomic mass is 19.3. The van der Waals surface area contributed by atoms with Crippen LogP contribution in [0, 0.1) is 0 Å². The topological polar surface area (TPSA) is 149 Å². The number of hydrogen-bond donors (Lipinski definition) is 3. The zero-order chi connectivity index (χ0) is 33.1. The van der Waals surface area contributed by atoms with E-state index in [1.807, 2.05) is 0 Å². The maximum atomic E-state index is 14.0. The number of aromatic nitrogens is 1. The molecule has 2 aromatic carbocycles. The normalized spacial score (nSPS) is 26.6. The van der Waals surface area contributed by atoms with Crippen molar-refractivity contribution in [3.8, 4) is 28.7 Å². The lowest BCUT2D eigenvalue weighted by atomic mass is 9.82. The van der Waals surface area contributed by atoms with Crippen LogP contribution in [-0.4, -0.2) is 77.2 Å². The molecular formula is C33H33F2N3O9. The first kappa shape index (κ1) is 30.9. The molecule has 1 saturated heterocycles. The Morgan fingerprint density at radius 3 is 2.62 bits per heavy atom. The van der Waals surface area contributed by atoms with Gasteiger partial charge in [-0.3, -0.25) is 14.6 Å². The van der Waals surface area contributed by atoms with Crippen LogP contribution in [-0.2, 0) is 10.2 Å². The first-order valence-electron chi connectivity index (χ1n) is 15.2. The van der Waals surface area contributed by atoms with Gasteiger partial charge < -0.3 is 44.1 Å². The summed E-state index contributed by atoms with van der Waals surface area (Å²) in [4.78, 5) is 33.2. The quantitative estimate of drug-likeness (QED) is 0.347. The van der Waals surface area contributed by atoms with Crippen LogP contribution < -0.4 is 29.0 Å². The number of alkyl halides is 2. The molecule has 5 heterocycles. The van der Waals surface area contributed by atoms with E-state index >= 15 is 0 Å². The minimum Gasteiger partial charge on any atom is -0.497 e. The summed E-state index contributed by atoms with van der Waals surface area (Å²) in [5, 5.41) is 23.0. The Hall–Kier alpha value is -4.69. The largest absolute Gasteiger partial charge is 0.586 e. The molecule has 4 aliphatic heterocycles. The van der Waals surface area contributed by atoms with Gasteiger partial charge in [-0.05, 0) is 43.7 Å². The number of rotatable bonds is 7. The molecular weight excluding hydrogens is 620 g/mol. The summed E-state index contributed by atoms with van der Waals surface area (Å²) in [6.45, 7) is 1.97. The summed E-state index contributed by atoms with van der Waals surface area (Å²) in [7, 11) is 1.53. The number of aliphatic hydroxyl groups is 2. The van der Waals surface area contributed by atoms with E-state index in [-0.39, 0.29) is 49.3 Å². The van der Waals surface area contributed by atoms with E-state index < -0.39 is 35.4 Å². The number of hydrogen-bond acceptors (Lipinski definition) is 10. The molecule has 7 rings (SSSR count). The highest BCUT2D eigenvalue weighted by Crippen LogP contribution is 2.50. The molecule has 0 aliphatic carbocycles. The highest BCUT2D eigenvalue weighted by Gasteiger charge is 2.49. The van der Waals surface area contributed by atoms with Gasteiger partial charge in [0, 0.05) is 62.0 Å². The number of carbonyl (C=O) groups is 2. The van der Waals surface area contributed by atoms with E-state index in [1.54, 1.807) is 42.2 Å². The van der Waals surface area contributed by atoms with Crippen molar-refractivity contribution in [2.75, 3.05) is 33.4 Å². The number of nitrogens with zero attached hydrogens (tertiary/aromatic N) is 2. The number of fused-ring (bicyclic) bond motifs is 3. The number of methoxy groups -OCH3 is 1. The Balaban J connectivity index is 1.12. The summed E-state index contributed by atoms with van der Waals surface area (Å²) in [5.74, 6) is 0.262. The summed E-state index contributed by atoms with van der Waals surface area (Å²) in [6.07, 6.45) is -2.09. The van der Waals surface area contributed by atoms with E-state index in [2.05, 4.69) is 19.8 Å². The van der Waals surface area contributed by atoms with Crippen LogP contribution in [0.3, 0.4) is 0 Å². The Morgan fingerprint density at radius 1 is 1.11 bits per heavy atom. The number of likely N-dealkylation sites (tertiary alicyclic amines) is 1. The predicted molar refractivity (Wildman–Crippen MR) is 159 cm³/mol. The fourth-order valence-corrected chi connectivity index (χ4v) is 6.57. The van der Waals surface area contributed by atoms with Crippen LogP contribution in [0.2, 0.25) is 0 Å². The fraction of sp³-hybridized carbons (Fsp3) is 0.424. The predicted octanol–water partition coefficient (Wildman–Crippen LogP) is 3.40. The molecule has 1 aromatic heterocycles. The van der Waals surface area contributed by atoms with Gasteiger partial charge in [0.05, 0.1) is 30.0 Å². The third-order valence-corrected chi connectivity index (χ3v) is 9.30. The van der Waals surface area contributed by atoms with Crippen molar-refractivity contribution in [1.82, 2.24) is 15.2 Å². The minimum atomic E-state index is -3.81. The second-order valence-electron chi connectivity index (χ2n) is 12.5. The van der Waals surface area contributed by atoms with Crippen molar-refractivity contribution in [3.05, 3.63) is 71.0 Å². The molecule has 14 heteroatoms. The molecule has 4 aliphatic rings. The Kier molecular flexibility index (Phi) is 7.39. The zero-order valence-electron chi connectivity index (χ0n) is 25.6. The molecule has 3 aromatic rings. The van der Waals surface area contributed by atoms with Gasteiger partial charge in [-0.2, -0.15) is 0 Å². The smallest absolute Gasteiger partial charge is 0.497 e. The minimum absolute atomic E-state index is 0.0267. The second kappa shape index (κ2) is 11.2. The molecule has 4 atom stereocenters. The number of ether oxygens (including phenoxy) is 5. The average Bonchev–Trinajstić information content (AvgIpc) is 3.70. The number of halogens is 2. The number of aliphatic hydroxyl groups excluding tert-OH is 1. The number of β-amino-alcohol motifs (C(OH)–C–C–N with tert-alkyl or cyclic N) is 1. The SMILES string of the molecule is COc1ccc2c(c1)O[C@@H](c1ccc(C(=O)N3CCC(O)(CCO)C3)cn1)C[C@H]2NC(=O)[C@@]1(C)COc2cc3c(cc21)OC(F)(F)O3. The van der Waals surface area contributed by atoms with E-state index in [4.69, 9.17) is 14.2 Å². The fourth-order valence-electron chi connectivity index (χ4n) is 6.57. The maximum absolute atomic E-state index is 14.0. The van der Waals surface area contributed by atoms with Crippen molar-refractivity contribution in [2.24, 2.45) is 0 Å². The standard InChI is InChI=1S/C33H33F2N3O9/c1-31(17-44-25-14-28-27(12-21(25)31)46-33(34,35)47-28)30(41)37-23-13-26(45-24-11-19(43-2)4-5-20(23)24)22-6-3-18(15-36-22)29(40)38-9-7-32(42,16-38)8-10-39/h3-6,11-12,14-15,23,26,39,42H,7-10,13,16-17H2,1-2H3,(H,37,41)/t23-,26-,31+,32?/m1/s1. The maximum Gasteiger partial charge on any atom is 0.586 e. The van der Waals surface area contributed by atoms with E-state index in [9.17, 15) is 28.6 Å². The lowest BCUT2D eigenvalue weighted by molar-refractivity contribution is -0.286. The van der Waals surface area contributed by atoms with Gasteiger partial charge in [-0.25, -0.2) is 0 Å². The first-order valence-corrected chi connectivity index (χ1v) is 15.2. The molecule has 0 saturated carbocycles. The van der Waals surface area contributed by atoms with Crippen molar-refractivity contribution in [3.63, 3.8) is 0 Å². The molecule has 3 N–H and O–H groups in total. The van der Waals surface area contributed by atoms with Crippen LogP contribution in [0.25, 0.3) is 0 Å². The third kappa shape index (κ3) is 5.54. The van der Waals surface area contributed by atoms with Crippen molar-refractivity contribution >= 4 is 11.8 Å². The van der Waals surface area contributed by atoms with Crippen LogP contribution in [0.5, 0.6) is 28.7 Å². The number of nitrogens with one attached hydrogen (secondary N) is 1. The summed E-state index contributed by atoms with van der Waals surface area (Å²) in [6, 6.07) is 10.7. The third-order valence-electron chi connectivity index (χ3n) is 9.30. The summed E-state index contributed by atoms with van der Waals surface area (Å²) < 4.78 is 54.1. The number of carbonyl (C=O) groups excluding carboxylic acids is 2. The van der Waals surface area contributed by atoms with Gasteiger partial charge in [0.1, 0.15) is 35.4 Å². The highest BCUT2D eigenvalue weighted by molar-refractivity contribution is 5.94. The lowest BCUT2D eigenvalue weighted by Crippen LogP contribution is -2.46. The zero-order valence-corrected chi connectivity index (χ0v) is 25.6. The molecule has 0 bridgehead atoms. The summed E-state index contributed by atoms with van der Waals surface area (Å²) in [5.41, 5.74) is -0.367. The lowest BCUT2D eigenvalue weighted by Gasteiger charge is -2.34.